The van der Waals surface area contributed by atoms with E-state index in [4.69, 9.17) is 4.74 Å². The smallest absolute Gasteiger partial charge is 0.274 e. The van der Waals surface area contributed by atoms with E-state index in [2.05, 4.69) is 13.8 Å². The van der Waals surface area contributed by atoms with Crippen molar-refractivity contribution in [1.29, 1.82) is 0 Å². The van der Waals surface area contributed by atoms with Gasteiger partial charge < -0.3 is 4.74 Å². The van der Waals surface area contributed by atoms with Gasteiger partial charge in [-0.25, -0.2) is 0 Å². The lowest BCUT2D eigenvalue weighted by Crippen LogP contribution is -2.20. The Kier molecular flexibility index (Phi) is 2.82. The molecule has 4 nitrogen and oxygen atoms in total. The molecule has 0 bridgehead atoms. The minimum atomic E-state index is 0.0118. The fourth-order valence-electron chi connectivity index (χ4n) is 2.93. The number of rotatable bonds is 2. The van der Waals surface area contributed by atoms with E-state index >= 15 is 0 Å². The SMILES string of the molecule is COc1cc2c(=O)n(C)n(C(C)C)c2c2ccccc12. The molecule has 0 N–H and O–H groups in total. The maximum absolute atomic E-state index is 12.5. The Bertz CT molecular complexity index is 856. The van der Waals surface area contributed by atoms with E-state index in [1.54, 1.807) is 11.8 Å². The molecule has 0 aliphatic rings. The van der Waals surface area contributed by atoms with Gasteiger partial charge in [-0.15, -0.1) is 0 Å². The van der Waals surface area contributed by atoms with Gasteiger partial charge in [-0.3, -0.25) is 14.2 Å². The summed E-state index contributed by atoms with van der Waals surface area (Å²) in [5.74, 6) is 0.742. The first-order chi connectivity index (χ1) is 9.56. The van der Waals surface area contributed by atoms with Gasteiger partial charge in [0.2, 0.25) is 0 Å². The lowest BCUT2D eigenvalue weighted by atomic mass is 10.1. The normalized spacial score (nSPS) is 11.7. The second-order valence-electron chi connectivity index (χ2n) is 5.29. The largest absolute Gasteiger partial charge is 0.496 e. The molecule has 0 aliphatic heterocycles. The van der Waals surface area contributed by atoms with Crippen LogP contribution in [0.2, 0.25) is 0 Å². The minimum Gasteiger partial charge on any atom is -0.496 e. The Balaban J connectivity index is 2.64. The Labute approximate surface area is 117 Å². The summed E-state index contributed by atoms with van der Waals surface area (Å²) in [4.78, 5) is 12.5. The van der Waals surface area contributed by atoms with E-state index < -0.39 is 0 Å². The van der Waals surface area contributed by atoms with E-state index in [0.717, 1.165) is 22.0 Å². The zero-order chi connectivity index (χ0) is 14.4. The summed E-state index contributed by atoms with van der Waals surface area (Å²) in [6.45, 7) is 4.16. The van der Waals surface area contributed by atoms with Crippen LogP contribution in [0.3, 0.4) is 0 Å². The first-order valence-corrected chi connectivity index (χ1v) is 6.73. The highest BCUT2D eigenvalue weighted by atomic mass is 16.5. The Morgan fingerprint density at radius 1 is 1.10 bits per heavy atom. The van der Waals surface area contributed by atoms with Crippen LogP contribution in [-0.4, -0.2) is 16.5 Å². The van der Waals surface area contributed by atoms with E-state index in [1.165, 1.54) is 0 Å². The predicted molar refractivity (Wildman–Crippen MR) is 81.6 cm³/mol. The molecule has 0 spiro atoms. The second kappa shape index (κ2) is 4.40. The number of fused-ring (bicyclic) bond motifs is 3. The summed E-state index contributed by atoms with van der Waals surface area (Å²) in [6.07, 6.45) is 0. The van der Waals surface area contributed by atoms with Crippen LogP contribution < -0.4 is 10.3 Å². The maximum atomic E-state index is 12.5. The summed E-state index contributed by atoms with van der Waals surface area (Å²) < 4.78 is 9.17. The van der Waals surface area contributed by atoms with Crippen LogP contribution in [0, 0.1) is 0 Å². The van der Waals surface area contributed by atoms with Gasteiger partial charge in [0.15, 0.2) is 0 Å². The summed E-state index contributed by atoms with van der Waals surface area (Å²) in [7, 11) is 3.45. The summed E-state index contributed by atoms with van der Waals surface area (Å²) in [5, 5.41) is 2.78. The molecule has 1 heterocycles. The molecule has 0 aliphatic carbocycles. The third-order valence-corrected chi connectivity index (χ3v) is 3.76. The molecule has 104 valence electrons. The van der Waals surface area contributed by atoms with Crippen molar-refractivity contribution in [2.75, 3.05) is 7.11 Å². The van der Waals surface area contributed by atoms with Crippen molar-refractivity contribution in [3.63, 3.8) is 0 Å². The van der Waals surface area contributed by atoms with Crippen LogP contribution in [-0.2, 0) is 7.05 Å². The van der Waals surface area contributed by atoms with Crippen molar-refractivity contribution >= 4 is 21.7 Å². The third-order valence-electron chi connectivity index (χ3n) is 3.76. The highest BCUT2D eigenvalue weighted by Gasteiger charge is 2.17. The molecule has 0 radical (unpaired) electrons. The van der Waals surface area contributed by atoms with Gasteiger partial charge >= 0.3 is 0 Å². The first kappa shape index (κ1) is 12.8. The van der Waals surface area contributed by atoms with Gasteiger partial charge in [0.25, 0.3) is 5.56 Å². The topological polar surface area (TPSA) is 36.2 Å². The molecule has 4 heteroatoms. The molecule has 0 fully saturated rings. The number of hydrogen-bond acceptors (Lipinski definition) is 2. The molecule has 3 rings (SSSR count). The lowest BCUT2D eigenvalue weighted by Gasteiger charge is -2.15. The zero-order valence-corrected chi connectivity index (χ0v) is 12.2. The van der Waals surface area contributed by atoms with E-state index in [-0.39, 0.29) is 11.6 Å². The molecule has 3 aromatic rings. The fourth-order valence-corrected chi connectivity index (χ4v) is 2.93. The molecule has 0 saturated carbocycles. The average molecular weight is 270 g/mol. The highest BCUT2D eigenvalue weighted by molar-refractivity contribution is 6.08. The Hall–Kier alpha value is -2.23. The Morgan fingerprint density at radius 2 is 1.75 bits per heavy atom. The molecule has 0 atom stereocenters. The lowest BCUT2D eigenvalue weighted by molar-refractivity contribution is 0.420. The van der Waals surface area contributed by atoms with Gasteiger partial charge in [0.05, 0.1) is 18.0 Å². The van der Waals surface area contributed by atoms with Crippen molar-refractivity contribution in [3.05, 3.63) is 40.7 Å². The Morgan fingerprint density at radius 3 is 2.35 bits per heavy atom. The average Bonchev–Trinajstić information content (AvgIpc) is 2.70. The van der Waals surface area contributed by atoms with Crippen LogP contribution in [0.25, 0.3) is 21.7 Å². The van der Waals surface area contributed by atoms with Crippen molar-refractivity contribution in [1.82, 2.24) is 9.36 Å². The van der Waals surface area contributed by atoms with Crippen LogP contribution in [0.15, 0.2) is 35.1 Å². The van der Waals surface area contributed by atoms with E-state index in [1.807, 2.05) is 42.1 Å². The number of hydrogen-bond donors (Lipinski definition) is 0. The predicted octanol–water partition coefficient (Wildman–Crippen LogP) is 3.08. The summed E-state index contributed by atoms with van der Waals surface area (Å²) in [5.41, 5.74) is 0.988. The van der Waals surface area contributed by atoms with E-state index in [9.17, 15) is 4.79 Å². The van der Waals surface area contributed by atoms with Gasteiger partial charge in [-0.1, -0.05) is 24.3 Å². The van der Waals surface area contributed by atoms with Crippen molar-refractivity contribution in [2.24, 2.45) is 7.05 Å². The number of ether oxygens (including phenoxy) is 1. The second-order valence-corrected chi connectivity index (χ2v) is 5.29. The van der Waals surface area contributed by atoms with Gasteiger partial charge in [0, 0.05) is 23.9 Å². The molecular weight excluding hydrogens is 252 g/mol. The van der Waals surface area contributed by atoms with Crippen molar-refractivity contribution < 1.29 is 4.74 Å². The van der Waals surface area contributed by atoms with E-state index in [0.29, 0.717) is 5.39 Å². The zero-order valence-electron chi connectivity index (χ0n) is 12.2. The maximum Gasteiger partial charge on any atom is 0.274 e. The molecule has 0 saturated heterocycles. The highest BCUT2D eigenvalue weighted by Crippen LogP contribution is 2.33. The van der Waals surface area contributed by atoms with Gasteiger partial charge in [-0.2, -0.15) is 0 Å². The number of methoxy groups -OCH3 is 1. The first-order valence-electron chi connectivity index (χ1n) is 6.73. The summed E-state index contributed by atoms with van der Waals surface area (Å²) >= 11 is 0. The minimum absolute atomic E-state index is 0.0118. The molecular formula is C16H18N2O2. The number of benzene rings is 2. The molecule has 0 amide bonds. The molecule has 0 unspecified atom stereocenters. The van der Waals surface area contributed by atoms with Crippen LogP contribution in [0.1, 0.15) is 19.9 Å². The number of nitrogens with zero attached hydrogens (tertiary/aromatic N) is 2. The standard InChI is InChI=1S/C16H18N2O2/c1-10(2)18-15-12-8-6-5-7-11(12)14(20-4)9-13(15)16(19)17(18)3/h5-10H,1-4H3. The third kappa shape index (κ3) is 1.57. The molecule has 2 aromatic carbocycles. The van der Waals surface area contributed by atoms with Crippen molar-refractivity contribution in [2.45, 2.75) is 19.9 Å². The monoisotopic (exact) mass is 270 g/mol. The van der Waals surface area contributed by atoms with Crippen LogP contribution >= 0.6 is 0 Å². The van der Waals surface area contributed by atoms with Gasteiger partial charge in [0.1, 0.15) is 5.75 Å². The fraction of sp³-hybridized carbons (Fsp3) is 0.312. The quantitative estimate of drug-likeness (QED) is 0.717. The number of aromatic nitrogens is 2. The van der Waals surface area contributed by atoms with Crippen molar-refractivity contribution in [3.8, 4) is 5.75 Å². The molecule has 1 aromatic heterocycles. The van der Waals surface area contributed by atoms with Crippen LogP contribution in [0.4, 0.5) is 0 Å². The van der Waals surface area contributed by atoms with Crippen LogP contribution in [0.5, 0.6) is 5.75 Å². The molecule has 20 heavy (non-hydrogen) atoms. The summed E-state index contributed by atoms with van der Waals surface area (Å²) in [6, 6.07) is 10.1. The van der Waals surface area contributed by atoms with Gasteiger partial charge in [-0.05, 0) is 19.9 Å².